The van der Waals surface area contributed by atoms with Crippen LogP contribution in [0.5, 0.6) is 0 Å². The van der Waals surface area contributed by atoms with Gasteiger partial charge in [-0.25, -0.2) is 9.97 Å². The van der Waals surface area contributed by atoms with Gasteiger partial charge in [-0.05, 0) is 76.2 Å². The monoisotopic (exact) mass is 671 g/mol. The molecule has 9 rings (SSSR count). The molecule has 0 unspecified atom stereocenters. The van der Waals surface area contributed by atoms with E-state index in [1.54, 1.807) is 0 Å². The molecule has 4 heteroatoms. The van der Waals surface area contributed by atoms with E-state index in [-0.39, 0.29) is 0 Å². The van der Waals surface area contributed by atoms with Crippen molar-refractivity contribution in [2.24, 2.45) is 0 Å². The third-order valence-electron chi connectivity index (χ3n) is 9.69. The zero-order valence-corrected chi connectivity index (χ0v) is 28.9. The summed E-state index contributed by atoms with van der Waals surface area (Å²) in [6, 6.07) is 51.7. The summed E-state index contributed by atoms with van der Waals surface area (Å²) >= 11 is 1.85. The molecule has 0 bridgehead atoms. The Morgan fingerprint density at radius 1 is 0.627 bits per heavy atom. The maximum Gasteiger partial charge on any atom is 0.235 e. The predicted molar refractivity (Wildman–Crippen MR) is 218 cm³/mol. The van der Waals surface area contributed by atoms with Crippen LogP contribution in [-0.2, 0) is 0 Å². The van der Waals surface area contributed by atoms with E-state index in [0.717, 1.165) is 27.9 Å². The van der Waals surface area contributed by atoms with Gasteiger partial charge in [0.2, 0.25) is 5.95 Å². The summed E-state index contributed by atoms with van der Waals surface area (Å²) in [5, 5.41) is 4.94. The first-order valence-corrected chi connectivity index (χ1v) is 17.9. The molecular formula is C47H33N3S. The molecule has 3 aromatic heterocycles. The Labute approximate surface area is 300 Å². The zero-order chi connectivity index (χ0) is 34.3. The SMILES string of the molecule is C=C/C(=C\C=C(/C)c1cccc(-c2ccccc2)c1)c1ccnc(-n2c3ccccc3c3ccc(-c4cccc5c4sc4ccccc45)cc32)n1. The van der Waals surface area contributed by atoms with Gasteiger partial charge in [0.15, 0.2) is 0 Å². The van der Waals surface area contributed by atoms with E-state index in [1.165, 1.54) is 58.8 Å². The lowest BCUT2D eigenvalue weighted by atomic mass is 9.99. The lowest BCUT2D eigenvalue weighted by Gasteiger charge is -2.10. The molecule has 0 aliphatic carbocycles. The molecule has 3 heterocycles. The van der Waals surface area contributed by atoms with Crippen LogP contribution in [0.1, 0.15) is 18.2 Å². The van der Waals surface area contributed by atoms with Gasteiger partial charge >= 0.3 is 0 Å². The molecule has 0 amide bonds. The van der Waals surface area contributed by atoms with E-state index in [1.807, 2.05) is 35.7 Å². The quantitative estimate of drug-likeness (QED) is 0.158. The van der Waals surface area contributed by atoms with E-state index in [9.17, 15) is 0 Å². The predicted octanol–water partition coefficient (Wildman–Crippen LogP) is 12.9. The minimum atomic E-state index is 0.625. The van der Waals surface area contributed by atoms with Crippen LogP contribution in [0.15, 0.2) is 177 Å². The molecule has 0 spiro atoms. The van der Waals surface area contributed by atoms with Crippen molar-refractivity contribution < 1.29 is 0 Å². The topological polar surface area (TPSA) is 30.7 Å². The number of hydrogen-bond acceptors (Lipinski definition) is 3. The van der Waals surface area contributed by atoms with Crippen LogP contribution >= 0.6 is 11.3 Å². The molecule has 9 aromatic rings. The molecule has 3 nitrogen and oxygen atoms in total. The number of rotatable bonds is 7. The lowest BCUT2D eigenvalue weighted by Crippen LogP contribution is -2.02. The highest BCUT2D eigenvalue weighted by atomic mass is 32.1. The Hall–Kier alpha value is -6.36. The number of fused-ring (bicyclic) bond motifs is 6. The zero-order valence-electron chi connectivity index (χ0n) is 28.1. The van der Waals surface area contributed by atoms with Crippen LogP contribution in [0.4, 0.5) is 0 Å². The first-order valence-electron chi connectivity index (χ1n) is 17.1. The minimum absolute atomic E-state index is 0.625. The summed E-state index contributed by atoms with van der Waals surface area (Å²) in [6.45, 7) is 6.30. The van der Waals surface area contributed by atoms with Crippen LogP contribution in [0.2, 0.25) is 0 Å². The molecule has 0 saturated heterocycles. The van der Waals surface area contributed by atoms with E-state index >= 15 is 0 Å². The standard InChI is InChI=1S/C47H33N3S/c1-3-32(24-23-31(2)34-15-11-16-35(29-34)33-13-5-4-6-14-33)42-27-28-48-47(49-42)50-43-21-9-7-17-38(43)39-26-25-36(30-44(39)50)37-19-12-20-41-40-18-8-10-22-45(40)51-46(37)41/h3-30H,1H2,2H3/b31-23+,32-24+. The number of nitrogens with zero attached hydrogens (tertiary/aromatic N) is 3. The molecule has 0 saturated carbocycles. The summed E-state index contributed by atoms with van der Waals surface area (Å²) in [4.78, 5) is 10.00. The summed E-state index contributed by atoms with van der Waals surface area (Å²) in [5.74, 6) is 0.625. The van der Waals surface area contributed by atoms with E-state index in [4.69, 9.17) is 9.97 Å². The van der Waals surface area contributed by atoms with Crippen LogP contribution in [0, 0.1) is 0 Å². The second-order valence-electron chi connectivity index (χ2n) is 12.7. The van der Waals surface area contributed by atoms with Gasteiger partial charge in [-0.1, -0.05) is 140 Å². The fraction of sp³-hybridized carbons (Fsp3) is 0.0213. The summed E-state index contributed by atoms with van der Waals surface area (Å²) in [7, 11) is 0. The third-order valence-corrected chi connectivity index (χ3v) is 10.9. The highest BCUT2D eigenvalue weighted by molar-refractivity contribution is 7.26. The van der Waals surface area contributed by atoms with Gasteiger partial charge in [0.25, 0.3) is 0 Å². The van der Waals surface area contributed by atoms with Crippen LogP contribution in [0.25, 0.3) is 81.3 Å². The molecular weight excluding hydrogens is 639 g/mol. The largest absolute Gasteiger partial charge is 0.278 e. The number of benzene rings is 6. The van der Waals surface area contributed by atoms with Gasteiger partial charge in [-0.2, -0.15) is 0 Å². The molecule has 0 fully saturated rings. The van der Waals surface area contributed by atoms with Gasteiger partial charge in [0, 0.05) is 37.1 Å². The van der Waals surface area contributed by atoms with Crippen LogP contribution in [0.3, 0.4) is 0 Å². The summed E-state index contributed by atoms with van der Waals surface area (Å²) in [6.07, 6.45) is 7.95. The number of hydrogen-bond donors (Lipinski definition) is 0. The maximum atomic E-state index is 5.16. The van der Waals surface area contributed by atoms with Gasteiger partial charge in [-0.3, -0.25) is 4.57 Å². The first-order chi connectivity index (χ1) is 25.2. The Kier molecular flexibility index (Phi) is 7.72. The van der Waals surface area contributed by atoms with Crippen molar-refractivity contribution in [3.05, 3.63) is 188 Å². The Morgan fingerprint density at radius 3 is 2.25 bits per heavy atom. The van der Waals surface area contributed by atoms with Crippen molar-refractivity contribution in [2.45, 2.75) is 6.92 Å². The molecule has 242 valence electrons. The molecule has 0 aliphatic rings. The fourth-order valence-electron chi connectivity index (χ4n) is 7.09. The molecule has 0 N–H and O–H groups in total. The highest BCUT2D eigenvalue weighted by Crippen LogP contribution is 2.41. The summed E-state index contributed by atoms with van der Waals surface area (Å²) in [5.41, 5.74) is 11.0. The highest BCUT2D eigenvalue weighted by Gasteiger charge is 2.17. The molecule has 6 aromatic carbocycles. The summed E-state index contributed by atoms with van der Waals surface area (Å²) < 4.78 is 4.80. The third kappa shape index (κ3) is 5.47. The van der Waals surface area contributed by atoms with E-state index < -0.39 is 0 Å². The van der Waals surface area contributed by atoms with Crippen LogP contribution < -0.4 is 0 Å². The van der Waals surface area contributed by atoms with Crippen LogP contribution in [-0.4, -0.2) is 14.5 Å². The Bertz CT molecular complexity index is 2830. The van der Waals surface area contributed by atoms with E-state index in [0.29, 0.717) is 5.95 Å². The number of thiophene rings is 1. The minimum Gasteiger partial charge on any atom is -0.278 e. The average Bonchev–Trinajstić information content (AvgIpc) is 3.74. The fourth-order valence-corrected chi connectivity index (χ4v) is 8.33. The van der Waals surface area contributed by atoms with Crippen molar-refractivity contribution >= 4 is 64.5 Å². The molecule has 51 heavy (non-hydrogen) atoms. The Morgan fingerprint density at radius 2 is 1.37 bits per heavy atom. The van der Waals surface area contributed by atoms with Gasteiger partial charge in [0.1, 0.15) is 0 Å². The number of aromatic nitrogens is 3. The van der Waals surface area contributed by atoms with Crippen molar-refractivity contribution in [1.82, 2.24) is 14.5 Å². The van der Waals surface area contributed by atoms with Crippen molar-refractivity contribution in [1.29, 1.82) is 0 Å². The second-order valence-corrected chi connectivity index (χ2v) is 13.8. The average molecular weight is 672 g/mol. The molecule has 0 aliphatic heterocycles. The lowest BCUT2D eigenvalue weighted by molar-refractivity contribution is 0.980. The van der Waals surface area contributed by atoms with Crippen molar-refractivity contribution in [2.75, 3.05) is 0 Å². The Balaban J connectivity index is 1.14. The maximum absolute atomic E-state index is 5.16. The van der Waals surface area contributed by atoms with Gasteiger partial charge in [-0.15, -0.1) is 11.3 Å². The molecule has 0 radical (unpaired) electrons. The van der Waals surface area contributed by atoms with Gasteiger partial charge < -0.3 is 0 Å². The van der Waals surface area contributed by atoms with Crippen molar-refractivity contribution in [3.8, 4) is 28.2 Å². The van der Waals surface area contributed by atoms with E-state index in [2.05, 4.69) is 164 Å². The normalized spacial score (nSPS) is 12.3. The number of para-hydroxylation sites is 1. The smallest absolute Gasteiger partial charge is 0.235 e. The molecule has 0 atom stereocenters. The number of allylic oxidation sites excluding steroid dienone is 5. The van der Waals surface area contributed by atoms with Crippen molar-refractivity contribution in [3.63, 3.8) is 0 Å². The van der Waals surface area contributed by atoms with Gasteiger partial charge in [0.05, 0.1) is 16.7 Å². The first kappa shape index (κ1) is 30.7. The second kappa shape index (κ2) is 12.8.